The first-order valence-corrected chi connectivity index (χ1v) is 5.57. The molecule has 0 aliphatic carbocycles. The van der Waals surface area contributed by atoms with Crippen LogP contribution in [0.4, 0.5) is 0 Å². The summed E-state index contributed by atoms with van der Waals surface area (Å²) >= 11 is 0. The van der Waals surface area contributed by atoms with Gasteiger partial charge in [0.05, 0.1) is 11.9 Å². The monoisotopic (exact) mass is 239 g/mol. The first-order valence-electron chi connectivity index (χ1n) is 5.57. The van der Waals surface area contributed by atoms with E-state index in [9.17, 15) is 4.79 Å². The highest BCUT2D eigenvalue weighted by atomic mass is 16.2. The molecular weight excluding hydrogens is 226 g/mol. The highest BCUT2D eigenvalue weighted by Crippen LogP contribution is 2.06. The molecule has 1 aromatic heterocycles. The second kappa shape index (κ2) is 5.72. The van der Waals surface area contributed by atoms with E-state index in [0.29, 0.717) is 11.3 Å². The van der Waals surface area contributed by atoms with Gasteiger partial charge in [-0.1, -0.05) is 24.3 Å². The maximum atomic E-state index is 11.8. The molecule has 0 saturated carbocycles. The van der Waals surface area contributed by atoms with Crippen LogP contribution in [0, 0.1) is 6.92 Å². The van der Waals surface area contributed by atoms with E-state index in [1.807, 2.05) is 43.3 Å². The molecule has 2 rings (SSSR count). The first-order chi connectivity index (χ1) is 8.77. The summed E-state index contributed by atoms with van der Waals surface area (Å²) < 4.78 is 0. The minimum Gasteiger partial charge on any atom is -0.267 e. The van der Waals surface area contributed by atoms with Crippen LogP contribution in [0.15, 0.2) is 53.8 Å². The zero-order chi connectivity index (χ0) is 12.8. The summed E-state index contributed by atoms with van der Waals surface area (Å²) in [6.45, 7) is 1.89. The first kappa shape index (κ1) is 12.0. The lowest BCUT2D eigenvalue weighted by Crippen LogP contribution is -2.18. The Hall–Kier alpha value is -2.49. The molecule has 1 amide bonds. The third kappa shape index (κ3) is 3.01. The fourth-order valence-corrected chi connectivity index (χ4v) is 1.50. The second-order valence-corrected chi connectivity index (χ2v) is 3.77. The Labute approximate surface area is 105 Å². The van der Waals surface area contributed by atoms with Crippen LogP contribution < -0.4 is 5.43 Å². The molecule has 0 radical (unpaired) electrons. The summed E-state index contributed by atoms with van der Waals surface area (Å²) in [5.74, 6) is -0.222. The zero-order valence-electron chi connectivity index (χ0n) is 10.00. The molecule has 90 valence electrons. The van der Waals surface area contributed by atoms with Gasteiger partial charge in [0.1, 0.15) is 0 Å². The Bertz CT molecular complexity index is 564. The van der Waals surface area contributed by atoms with Crippen molar-refractivity contribution in [1.29, 1.82) is 0 Å². The van der Waals surface area contributed by atoms with Gasteiger partial charge in [0.25, 0.3) is 5.91 Å². The van der Waals surface area contributed by atoms with E-state index in [1.54, 1.807) is 12.3 Å². The standard InChI is InChI=1S/C14H13N3O/c1-11-6-2-3-8-13(11)14(18)17-16-10-12-7-4-5-9-15-12/h2-10H,1H3,(H,17,18)/b16-10-. The van der Waals surface area contributed by atoms with Gasteiger partial charge in [-0.15, -0.1) is 0 Å². The van der Waals surface area contributed by atoms with E-state index < -0.39 is 0 Å². The highest BCUT2D eigenvalue weighted by molar-refractivity contribution is 5.96. The number of benzene rings is 1. The maximum Gasteiger partial charge on any atom is 0.271 e. The fraction of sp³-hybridized carbons (Fsp3) is 0.0714. The summed E-state index contributed by atoms with van der Waals surface area (Å²) in [5, 5.41) is 3.87. The SMILES string of the molecule is Cc1ccccc1C(=O)N/N=C\c1ccccn1. The number of pyridine rings is 1. The van der Waals surface area contributed by atoms with Crippen LogP contribution >= 0.6 is 0 Å². The molecule has 0 aliphatic rings. The van der Waals surface area contributed by atoms with Gasteiger partial charge in [0.2, 0.25) is 0 Å². The Morgan fingerprint density at radius 1 is 1.22 bits per heavy atom. The summed E-state index contributed by atoms with van der Waals surface area (Å²) in [7, 11) is 0. The van der Waals surface area contributed by atoms with Crippen molar-refractivity contribution in [2.75, 3.05) is 0 Å². The number of carbonyl (C=O) groups excluding carboxylic acids is 1. The van der Waals surface area contributed by atoms with Gasteiger partial charge < -0.3 is 0 Å². The number of rotatable bonds is 3. The van der Waals surface area contributed by atoms with Gasteiger partial charge >= 0.3 is 0 Å². The molecule has 0 spiro atoms. The van der Waals surface area contributed by atoms with Crippen LogP contribution in [-0.2, 0) is 0 Å². The number of aromatic nitrogens is 1. The smallest absolute Gasteiger partial charge is 0.267 e. The number of hydrogen-bond donors (Lipinski definition) is 1. The summed E-state index contributed by atoms with van der Waals surface area (Å²) in [4.78, 5) is 15.9. The van der Waals surface area contributed by atoms with Gasteiger partial charge in [-0.3, -0.25) is 9.78 Å². The molecule has 1 aromatic carbocycles. The van der Waals surface area contributed by atoms with E-state index in [2.05, 4.69) is 15.5 Å². The Morgan fingerprint density at radius 2 is 2.00 bits per heavy atom. The number of nitrogens with zero attached hydrogens (tertiary/aromatic N) is 2. The van der Waals surface area contributed by atoms with Gasteiger partial charge in [-0.05, 0) is 30.7 Å². The predicted octanol–water partition coefficient (Wildman–Crippen LogP) is 2.15. The van der Waals surface area contributed by atoms with Gasteiger partial charge in [-0.2, -0.15) is 5.10 Å². The molecule has 2 aromatic rings. The molecule has 1 N–H and O–H groups in total. The summed E-state index contributed by atoms with van der Waals surface area (Å²) in [6, 6.07) is 12.9. The third-order valence-electron chi connectivity index (χ3n) is 2.44. The molecule has 0 saturated heterocycles. The molecule has 4 nitrogen and oxygen atoms in total. The Morgan fingerprint density at radius 3 is 2.72 bits per heavy atom. The average molecular weight is 239 g/mol. The van der Waals surface area contributed by atoms with Crippen LogP contribution in [0.3, 0.4) is 0 Å². The lowest BCUT2D eigenvalue weighted by molar-refractivity contribution is 0.0954. The van der Waals surface area contributed by atoms with Gasteiger partial charge in [0, 0.05) is 11.8 Å². The van der Waals surface area contributed by atoms with Crippen molar-refractivity contribution in [3.05, 3.63) is 65.5 Å². The summed E-state index contributed by atoms with van der Waals surface area (Å²) in [5.41, 5.74) is 4.72. The van der Waals surface area contributed by atoms with E-state index in [1.165, 1.54) is 6.21 Å². The number of carbonyl (C=O) groups is 1. The van der Waals surface area contributed by atoms with Crippen LogP contribution in [0.25, 0.3) is 0 Å². The predicted molar refractivity (Wildman–Crippen MR) is 70.5 cm³/mol. The molecule has 4 heteroatoms. The van der Waals surface area contributed by atoms with Crippen LogP contribution in [-0.4, -0.2) is 17.1 Å². The molecule has 18 heavy (non-hydrogen) atoms. The normalized spacial score (nSPS) is 10.5. The van der Waals surface area contributed by atoms with E-state index in [0.717, 1.165) is 5.56 Å². The van der Waals surface area contributed by atoms with Crippen LogP contribution in [0.2, 0.25) is 0 Å². The van der Waals surface area contributed by atoms with Crippen molar-refractivity contribution >= 4 is 12.1 Å². The number of aryl methyl sites for hydroxylation is 1. The number of amides is 1. The van der Waals surface area contributed by atoms with Crippen molar-refractivity contribution in [3.8, 4) is 0 Å². The quantitative estimate of drug-likeness (QED) is 0.659. The van der Waals surface area contributed by atoms with Crippen molar-refractivity contribution in [1.82, 2.24) is 10.4 Å². The Kier molecular flexibility index (Phi) is 3.81. The van der Waals surface area contributed by atoms with Gasteiger partial charge in [0.15, 0.2) is 0 Å². The lowest BCUT2D eigenvalue weighted by atomic mass is 10.1. The van der Waals surface area contributed by atoms with Crippen molar-refractivity contribution in [2.24, 2.45) is 5.10 Å². The number of hydrogen-bond acceptors (Lipinski definition) is 3. The van der Waals surface area contributed by atoms with Crippen molar-refractivity contribution in [2.45, 2.75) is 6.92 Å². The molecular formula is C14H13N3O. The highest BCUT2D eigenvalue weighted by Gasteiger charge is 2.05. The van der Waals surface area contributed by atoms with E-state index in [-0.39, 0.29) is 5.91 Å². The van der Waals surface area contributed by atoms with Crippen molar-refractivity contribution < 1.29 is 4.79 Å². The van der Waals surface area contributed by atoms with Gasteiger partial charge in [-0.25, -0.2) is 5.43 Å². The number of nitrogens with one attached hydrogen (secondary N) is 1. The molecule has 1 heterocycles. The topological polar surface area (TPSA) is 54.4 Å². The number of hydrazone groups is 1. The largest absolute Gasteiger partial charge is 0.271 e. The van der Waals surface area contributed by atoms with Crippen LogP contribution in [0.5, 0.6) is 0 Å². The molecule has 0 fully saturated rings. The Balaban J connectivity index is 2.01. The minimum absolute atomic E-state index is 0.222. The second-order valence-electron chi connectivity index (χ2n) is 3.77. The van der Waals surface area contributed by atoms with E-state index in [4.69, 9.17) is 0 Å². The molecule has 0 unspecified atom stereocenters. The fourth-order valence-electron chi connectivity index (χ4n) is 1.50. The maximum absolute atomic E-state index is 11.8. The molecule has 0 bridgehead atoms. The molecule has 0 atom stereocenters. The van der Waals surface area contributed by atoms with Crippen molar-refractivity contribution in [3.63, 3.8) is 0 Å². The van der Waals surface area contributed by atoms with E-state index >= 15 is 0 Å². The van der Waals surface area contributed by atoms with Crippen LogP contribution in [0.1, 0.15) is 21.6 Å². The lowest BCUT2D eigenvalue weighted by Gasteiger charge is -2.02. The zero-order valence-corrected chi connectivity index (χ0v) is 10.00. The molecule has 0 aliphatic heterocycles. The third-order valence-corrected chi connectivity index (χ3v) is 2.44. The summed E-state index contributed by atoms with van der Waals surface area (Å²) in [6.07, 6.45) is 3.18. The average Bonchev–Trinajstić information content (AvgIpc) is 2.40. The minimum atomic E-state index is -0.222.